The molecule has 0 amide bonds. The number of aromatic hydroxyl groups is 1. The van der Waals surface area contributed by atoms with Gasteiger partial charge in [0, 0.05) is 13.6 Å². The molecule has 3 aromatic rings. The molecule has 1 fully saturated rings. The number of nitrogens with zero attached hydrogens (tertiary/aromatic N) is 5. The average Bonchev–Trinajstić information content (AvgIpc) is 3.27. The number of rotatable bonds is 6. The first-order chi connectivity index (χ1) is 12.0. The lowest BCUT2D eigenvalue weighted by Gasteiger charge is -2.09. The number of hydrogen-bond donors (Lipinski definition) is 1. The molecule has 0 atom stereocenters. The van der Waals surface area contributed by atoms with Crippen molar-refractivity contribution in [2.75, 3.05) is 6.61 Å². The third kappa shape index (κ3) is 3.04. The zero-order valence-corrected chi connectivity index (χ0v) is 15.3. The van der Waals surface area contributed by atoms with Crippen LogP contribution in [0.2, 0.25) is 0 Å². The fourth-order valence-corrected chi connectivity index (χ4v) is 3.29. The van der Waals surface area contributed by atoms with Gasteiger partial charge in [0.25, 0.3) is 0 Å². The van der Waals surface area contributed by atoms with Crippen LogP contribution in [0.4, 0.5) is 0 Å². The third-order valence-corrected chi connectivity index (χ3v) is 5.22. The van der Waals surface area contributed by atoms with Crippen molar-refractivity contribution in [2.24, 2.45) is 13.0 Å². The zero-order chi connectivity index (χ0) is 17.6. The SMILES string of the molecule is Cn1c(O)cn(CCOc2ccc3c(nnn3CC3CC3)c2Br)c1=O. The summed E-state index contributed by atoms with van der Waals surface area (Å²) in [6, 6.07) is 3.84. The highest BCUT2D eigenvalue weighted by Gasteiger charge is 2.23. The van der Waals surface area contributed by atoms with E-state index in [4.69, 9.17) is 4.74 Å². The van der Waals surface area contributed by atoms with Crippen LogP contribution in [0.1, 0.15) is 12.8 Å². The maximum Gasteiger partial charge on any atom is 0.330 e. The van der Waals surface area contributed by atoms with Gasteiger partial charge in [0.1, 0.15) is 17.9 Å². The molecule has 25 heavy (non-hydrogen) atoms. The molecule has 0 unspecified atom stereocenters. The Balaban J connectivity index is 1.48. The van der Waals surface area contributed by atoms with E-state index in [9.17, 15) is 9.90 Å². The van der Waals surface area contributed by atoms with Gasteiger partial charge in [0.05, 0.1) is 22.7 Å². The molecular weight excluding hydrogens is 390 g/mol. The summed E-state index contributed by atoms with van der Waals surface area (Å²) in [6.07, 6.45) is 3.92. The number of imidazole rings is 1. The van der Waals surface area contributed by atoms with Crippen molar-refractivity contribution < 1.29 is 9.84 Å². The van der Waals surface area contributed by atoms with Crippen LogP contribution >= 0.6 is 15.9 Å². The van der Waals surface area contributed by atoms with Gasteiger partial charge in [-0.15, -0.1) is 5.10 Å². The van der Waals surface area contributed by atoms with Crippen molar-refractivity contribution in [2.45, 2.75) is 25.9 Å². The number of benzene rings is 1. The van der Waals surface area contributed by atoms with E-state index in [1.165, 1.54) is 35.2 Å². The molecule has 2 aromatic heterocycles. The summed E-state index contributed by atoms with van der Waals surface area (Å²) in [7, 11) is 1.52. The van der Waals surface area contributed by atoms with Gasteiger partial charge in [-0.3, -0.25) is 9.13 Å². The second-order valence-corrected chi connectivity index (χ2v) is 7.12. The highest BCUT2D eigenvalue weighted by atomic mass is 79.9. The molecule has 0 saturated heterocycles. The maximum atomic E-state index is 11.8. The molecule has 132 valence electrons. The summed E-state index contributed by atoms with van der Waals surface area (Å²) in [4.78, 5) is 11.8. The molecule has 1 aliphatic rings. The monoisotopic (exact) mass is 407 g/mol. The van der Waals surface area contributed by atoms with Crippen molar-refractivity contribution in [1.29, 1.82) is 0 Å². The lowest BCUT2D eigenvalue weighted by atomic mass is 10.3. The summed E-state index contributed by atoms with van der Waals surface area (Å²) in [5, 5.41) is 18.0. The van der Waals surface area contributed by atoms with E-state index in [0.717, 1.165) is 28.0 Å². The van der Waals surface area contributed by atoms with Crippen LogP contribution in [0.3, 0.4) is 0 Å². The molecular formula is C16H18BrN5O3. The van der Waals surface area contributed by atoms with Crippen LogP contribution in [0.15, 0.2) is 27.6 Å². The molecule has 2 heterocycles. The molecule has 0 radical (unpaired) electrons. The third-order valence-electron chi connectivity index (χ3n) is 4.46. The van der Waals surface area contributed by atoms with Crippen LogP contribution in [0, 0.1) is 5.92 Å². The Morgan fingerprint density at radius 1 is 1.40 bits per heavy atom. The van der Waals surface area contributed by atoms with Crippen LogP contribution in [0.5, 0.6) is 11.6 Å². The molecule has 1 saturated carbocycles. The van der Waals surface area contributed by atoms with Gasteiger partial charge in [-0.05, 0) is 46.8 Å². The van der Waals surface area contributed by atoms with Gasteiger partial charge in [-0.25, -0.2) is 9.48 Å². The van der Waals surface area contributed by atoms with Gasteiger partial charge in [-0.1, -0.05) is 5.21 Å². The number of halogens is 1. The molecule has 1 aliphatic carbocycles. The zero-order valence-electron chi connectivity index (χ0n) is 13.7. The van der Waals surface area contributed by atoms with Crippen molar-refractivity contribution in [3.8, 4) is 11.6 Å². The molecule has 9 heteroatoms. The quantitative estimate of drug-likeness (QED) is 0.673. The van der Waals surface area contributed by atoms with Crippen LogP contribution in [-0.4, -0.2) is 35.8 Å². The van der Waals surface area contributed by atoms with Gasteiger partial charge < -0.3 is 9.84 Å². The predicted molar refractivity (Wildman–Crippen MR) is 94.8 cm³/mol. The average molecular weight is 408 g/mol. The molecule has 1 N–H and O–H groups in total. The first-order valence-electron chi connectivity index (χ1n) is 8.14. The highest BCUT2D eigenvalue weighted by molar-refractivity contribution is 9.10. The molecule has 4 rings (SSSR count). The number of hydrogen-bond acceptors (Lipinski definition) is 5. The minimum absolute atomic E-state index is 0.0696. The van der Waals surface area contributed by atoms with Gasteiger partial charge in [0.2, 0.25) is 5.88 Å². The Labute approximate surface area is 151 Å². The normalized spacial score (nSPS) is 14.3. The molecule has 0 aliphatic heterocycles. The summed E-state index contributed by atoms with van der Waals surface area (Å²) < 4.78 is 11.1. The Morgan fingerprint density at radius 3 is 2.88 bits per heavy atom. The standard InChI is InChI=1S/C16H18BrN5O3/c1-20-13(23)9-21(16(20)24)6-7-25-12-5-4-11-15(14(12)17)18-19-22(11)8-10-2-3-10/h4-5,9-10,23H,2-3,6-8H2,1H3. The minimum Gasteiger partial charge on any atom is -0.493 e. The predicted octanol–water partition coefficient (Wildman–Crippen LogP) is 1.89. The Kier molecular flexibility index (Phi) is 4.03. The lowest BCUT2D eigenvalue weighted by Crippen LogP contribution is -2.24. The summed E-state index contributed by atoms with van der Waals surface area (Å²) in [5.74, 6) is 1.30. The number of fused-ring (bicyclic) bond motifs is 1. The van der Waals surface area contributed by atoms with Crippen molar-refractivity contribution in [3.05, 3.63) is 33.3 Å². The Bertz CT molecular complexity index is 986. The van der Waals surface area contributed by atoms with Crippen molar-refractivity contribution >= 4 is 27.0 Å². The van der Waals surface area contributed by atoms with Gasteiger partial charge in [-0.2, -0.15) is 0 Å². The smallest absolute Gasteiger partial charge is 0.330 e. The van der Waals surface area contributed by atoms with E-state index < -0.39 is 0 Å². The highest BCUT2D eigenvalue weighted by Crippen LogP contribution is 2.34. The second kappa shape index (κ2) is 6.21. The largest absolute Gasteiger partial charge is 0.493 e. The fourth-order valence-electron chi connectivity index (χ4n) is 2.76. The maximum absolute atomic E-state index is 11.8. The summed E-state index contributed by atoms with van der Waals surface area (Å²) >= 11 is 3.54. The van der Waals surface area contributed by atoms with Crippen LogP contribution in [0.25, 0.3) is 11.0 Å². The molecule has 0 spiro atoms. The van der Waals surface area contributed by atoms with E-state index in [2.05, 4.69) is 26.2 Å². The first-order valence-corrected chi connectivity index (χ1v) is 8.93. The van der Waals surface area contributed by atoms with E-state index in [1.807, 2.05) is 16.8 Å². The van der Waals surface area contributed by atoms with E-state index >= 15 is 0 Å². The summed E-state index contributed by atoms with van der Waals surface area (Å²) in [6.45, 7) is 1.54. The Hall–Kier alpha value is -2.29. The van der Waals surface area contributed by atoms with Crippen molar-refractivity contribution in [3.63, 3.8) is 0 Å². The fraction of sp³-hybridized carbons (Fsp3) is 0.438. The number of aromatic nitrogens is 5. The van der Waals surface area contributed by atoms with Gasteiger partial charge in [0.15, 0.2) is 0 Å². The number of ether oxygens (including phenoxy) is 1. The molecule has 8 nitrogen and oxygen atoms in total. The molecule has 1 aromatic carbocycles. The van der Waals surface area contributed by atoms with E-state index in [-0.39, 0.29) is 11.6 Å². The topological polar surface area (TPSA) is 87.1 Å². The van der Waals surface area contributed by atoms with Crippen LogP contribution < -0.4 is 10.4 Å². The van der Waals surface area contributed by atoms with Gasteiger partial charge >= 0.3 is 5.69 Å². The van der Waals surface area contributed by atoms with E-state index in [0.29, 0.717) is 18.9 Å². The lowest BCUT2D eigenvalue weighted by molar-refractivity contribution is 0.294. The Morgan fingerprint density at radius 2 is 2.20 bits per heavy atom. The second-order valence-electron chi connectivity index (χ2n) is 6.33. The van der Waals surface area contributed by atoms with Crippen LogP contribution in [-0.2, 0) is 20.1 Å². The van der Waals surface area contributed by atoms with Crippen molar-refractivity contribution in [1.82, 2.24) is 24.1 Å². The minimum atomic E-state index is -0.279. The van der Waals surface area contributed by atoms with E-state index in [1.54, 1.807) is 0 Å². The molecule has 0 bridgehead atoms. The summed E-state index contributed by atoms with van der Waals surface area (Å²) in [5.41, 5.74) is 1.47. The first kappa shape index (κ1) is 16.2.